The predicted molar refractivity (Wildman–Crippen MR) is 71.1 cm³/mol. The Labute approximate surface area is 109 Å². The van der Waals surface area contributed by atoms with Crippen LogP contribution < -0.4 is 5.73 Å². The molecule has 5 heteroatoms. The molecular formula is C13H12ClFN2O. The van der Waals surface area contributed by atoms with Gasteiger partial charge in [0, 0.05) is 22.5 Å². The zero-order valence-electron chi connectivity index (χ0n) is 9.73. The molecule has 0 aliphatic rings. The first-order valence-corrected chi connectivity index (χ1v) is 5.50. The van der Waals surface area contributed by atoms with Gasteiger partial charge in [0.05, 0.1) is 0 Å². The number of allylic oxidation sites excluding steroid dienone is 4. The summed E-state index contributed by atoms with van der Waals surface area (Å²) in [6.45, 7) is 1.69. The van der Waals surface area contributed by atoms with E-state index in [1.807, 2.05) is 0 Å². The van der Waals surface area contributed by atoms with E-state index in [0.717, 1.165) is 6.07 Å². The van der Waals surface area contributed by atoms with Crippen molar-refractivity contribution in [3.63, 3.8) is 0 Å². The average Bonchev–Trinajstić information content (AvgIpc) is 2.27. The predicted octanol–water partition coefficient (Wildman–Crippen LogP) is 3.02. The quantitative estimate of drug-likeness (QED) is 0.675. The third-order valence-corrected chi connectivity index (χ3v) is 2.10. The van der Waals surface area contributed by atoms with Gasteiger partial charge in [0.25, 0.3) is 5.91 Å². The Morgan fingerprint density at radius 2 is 2.22 bits per heavy atom. The van der Waals surface area contributed by atoms with Crippen LogP contribution in [0.15, 0.2) is 52.1 Å². The minimum absolute atomic E-state index is 0.182. The highest BCUT2D eigenvalue weighted by Gasteiger charge is 2.02. The highest BCUT2D eigenvalue weighted by Crippen LogP contribution is 2.06. The molecule has 0 saturated carbocycles. The second kappa shape index (κ2) is 6.71. The fraction of sp³-hybridized carbons (Fsp3) is 0.0769. The number of halogens is 2. The molecule has 1 aromatic carbocycles. The summed E-state index contributed by atoms with van der Waals surface area (Å²) in [5, 5.41) is 0.353. The van der Waals surface area contributed by atoms with Gasteiger partial charge in [-0.1, -0.05) is 17.7 Å². The topological polar surface area (TPSA) is 55.4 Å². The van der Waals surface area contributed by atoms with Crippen molar-refractivity contribution in [2.24, 2.45) is 10.7 Å². The molecule has 18 heavy (non-hydrogen) atoms. The lowest BCUT2D eigenvalue weighted by Crippen LogP contribution is -1.95. The summed E-state index contributed by atoms with van der Waals surface area (Å²) >= 11 is 5.77. The van der Waals surface area contributed by atoms with Crippen LogP contribution in [0, 0.1) is 5.82 Å². The monoisotopic (exact) mass is 266 g/mol. The van der Waals surface area contributed by atoms with Gasteiger partial charge in [0.15, 0.2) is 0 Å². The Hall–Kier alpha value is -1.94. The Kier molecular flexibility index (Phi) is 5.27. The van der Waals surface area contributed by atoms with Gasteiger partial charge in [0.2, 0.25) is 0 Å². The number of nitrogens with two attached hydrogens (primary N) is 1. The van der Waals surface area contributed by atoms with Crippen LogP contribution in [-0.4, -0.2) is 12.1 Å². The van der Waals surface area contributed by atoms with E-state index < -0.39 is 11.7 Å². The van der Waals surface area contributed by atoms with Crippen molar-refractivity contribution in [2.75, 3.05) is 0 Å². The van der Waals surface area contributed by atoms with E-state index in [0.29, 0.717) is 10.7 Å². The number of amides is 1. The summed E-state index contributed by atoms with van der Waals surface area (Å²) in [7, 11) is 0. The maximum atomic E-state index is 12.9. The molecule has 0 atom stereocenters. The van der Waals surface area contributed by atoms with E-state index in [9.17, 15) is 9.18 Å². The number of nitrogens with zero attached hydrogens (tertiary/aromatic N) is 1. The van der Waals surface area contributed by atoms with Crippen LogP contribution in [-0.2, 0) is 0 Å². The molecule has 0 heterocycles. The standard InChI is InChI=1S/C13H12ClFN2O/c1-9(16)7-11(14)5-6-17-13(18)10-3-2-4-12(15)8-10/h2-8H,16H2,1H3/b9-7+,11-5+,17-6+. The average molecular weight is 267 g/mol. The van der Waals surface area contributed by atoms with Gasteiger partial charge in [0.1, 0.15) is 5.82 Å². The first kappa shape index (κ1) is 14.1. The smallest absolute Gasteiger partial charge is 0.277 e. The van der Waals surface area contributed by atoms with Gasteiger partial charge >= 0.3 is 0 Å². The molecule has 3 nitrogen and oxygen atoms in total. The lowest BCUT2D eigenvalue weighted by molar-refractivity contribution is 0.100. The summed E-state index contributed by atoms with van der Waals surface area (Å²) < 4.78 is 12.9. The van der Waals surface area contributed by atoms with Crippen LogP contribution in [0.3, 0.4) is 0 Å². The summed E-state index contributed by atoms with van der Waals surface area (Å²) in [6.07, 6.45) is 4.20. The van der Waals surface area contributed by atoms with Gasteiger partial charge in [-0.2, -0.15) is 0 Å². The van der Waals surface area contributed by atoms with Gasteiger partial charge in [-0.25, -0.2) is 9.38 Å². The number of hydrogen-bond acceptors (Lipinski definition) is 2. The minimum Gasteiger partial charge on any atom is -0.402 e. The SMILES string of the molecule is C\C(N)=C/C(Cl)=C\C=N\C(=O)c1cccc(F)c1. The maximum Gasteiger partial charge on any atom is 0.277 e. The van der Waals surface area contributed by atoms with E-state index in [1.165, 1.54) is 36.6 Å². The molecule has 1 rings (SSSR count). The summed E-state index contributed by atoms with van der Waals surface area (Å²) in [5.41, 5.74) is 6.14. The van der Waals surface area contributed by atoms with Crippen molar-refractivity contribution in [1.82, 2.24) is 0 Å². The second-order valence-corrected chi connectivity index (χ2v) is 3.97. The molecule has 1 amide bonds. The summed E-state index contributed by atoms with van der Waals surface area (Å²) in [5.74, 6) is -1.02. The molecule has 0 radical (unpaired) electrons. The van der Waals surface area contributed by atoms with Gasteiger partial charge in [-0.05, 0) is 37.3 Å². The lowest BCUT2D eigenvalue weighted by Gasteiger charge is -1.94. The third kappa shape index (κ3) is 4.93. The number of hydrogen-bond donors (Lipinski definition) is 1. The molecule has 94 valence electrons. The van der Waals surface area contributed by atoms with E-state index in [1.54, 1.807) is 6.92 Å². The molecule has 2 N–H and O–H groups in total. The van der Waals surface area contributed by atoms with Crippen molar-refractivity contribution in [3.05, 3.63) is 58.5 Å². The molecule has 1 aromatic rings. The van der Waals surface area contributed by atoms with Crippen molar-refractivity contribution in [3.8, 4) is 0 Å². The zero-order valence-corrected chi connectivity index (χ0v) is 10.5. The molecule has 0 spiro atoms. The molecule has 0 fully saturated rings. The molecule has 0 aliphatic heterocycles. The van der Waals surface area contributed by atoms with Crippen LogP contribution in [0.25, 0.3) is 0 Å². The molecule has 0 aromatic heterocycles. The zero-order chi connectivity index (χ0) is 13.5. The lowest BCUT2D eigenvalue weighted by atomic mass is 10.2. The Morgan fingerprint density at radius 3 is 2.83 bits per heavy atom. The number of carbonyl (C=O) groups excluding carboxylic acids is 1. The van der Waals surface area contributed by atoms with Crippen LogP contribution in [0.4, 0.5) is 4.39 Å². The van der Waals surface area contributed by atoms with Crippen molar-refractivity contribution in [1.29, 1.82) is 0 Å². The van der Waals surface area contributed by atoms with Gasteiger partial charge < -0.3 is 5.73 Å². The number of carbonyl (C=O) groups is 1. The Bertz CT molecular complexity index is 532. The minimum atomic E-state index is -0.538. The number of aliphatic imine (C=N–C) groups is 1. The van der Waals surface area contributed by atoms with Crippen molar-refractivity contribution in [2.45, 2.75) is 6.92 Å². The molecular weight excluding hydrogens is 255 g/mol. The number of benzene rings is 1. The highest BCUT2D eigenvalue weighted by molar-refractivity contribution is 6.32. The van der Waals surface area contributed by atoms with Gasteiger partial charge in [-0.3, -0.25) is 4.79 Å². The molecule has 0 aliphatic carbocycles. The van der Waals surface area contributed by atoms with Crippen LogP contribution in [0.1, 0.15) is 17.3 Å². The summed E-state index contributed by atoms with van der Waals surface area (Å²) in [4.78, 5) is 15.1. The normalized spacial score (nSPS) is 13.1. The van der Waals surface area contributed by atoms with Crippen LogP contribution in [0.5, 0.6) is 0 Å². The molecule has 0 bridgehead atoms. The van der Waals surface area contributed by atoms with Crippen molar-refractivity contribution < 1.29 is 9.18 Å². The fourth-order valence-corrected chi connectivity index (χ4v) is 1.37. The fourth-order valence-electron chi connectivity index (χ4n) is 1.14. The van der Waals surface area contributed by atoms with E-state index in [4.69, 9.17) is 17.3 Å². The van der Waals surface area contributed by atoms with E-state index >= 15 is 0 Å². The first-order chi connectivity index (χ1) is 8.49. The van der Waals surface area contributed by atoms with E-state index in [2.05, 4.69) is 4.99 Å². The maximum absolute atomic E-state index is 12.9. The largest absolute Gasteiger partial charge is 0.402 e. The molecule has 0 unspecified atom stereocenters. The third-order valence-electron chi connectivity index (χ3n) is 1.86. The number of rotatable bonds is 3. The van der Waals surface area contributed by atoms with E-state index in [-0.39, 0.29) is 5.56 Å². The van der Waals surface area contributed by atoms with Crippen LogP contribution in [0.2, 0.25) is 0 Å². The highest BCUT2D eigenvalue weighted by atomic mass is 35.5. The Balaban J connectivity index is 2.74. The molecule has 0 saturated heterocycles. The van der Waals surface area contributed by atoms with Gasteiger partial charge in [-0.15, -0.1) is 0 Å². The first-order valence-electron chi connectivity index (χ1n) is 5.12. The van der Waals surface area contributed by atoms with Crippen LogP contribution >= 0.6 is 11.6 Å². The van der Waals surface area contributed by atoms with Crippen molar-refractivity contribution >= 4 is 23.7 Å². The Morgan fingerprint density at radius 1 is 1.50 bits per heavy atom. The second-order valence-electron chi connectivity index (χ2n) is 3.53. The summed E-state index contributed by atoms with van der Waals surface area (Å²) in [6, 6.07) is 5.31.